The number of imidazole rings is 1. The van der Waals surface area contributed by atoms with E-state index >= 15 is 0 Å². The normalized spacial score (nSPS) is 10.6. The van der Waals surface area contributed by atoms with Gasteiger partial charge in [-0.25, -0.2) is 4.98 Å². The molecule has 0 saturated carbocycles. The Morgan fingerprint density at radius 1 is 1.10 bits per heavy atom. The van der Waals surface area contributed by atoms with Crippen molar-refractivity contribution in [2.24, 2.45) is 0 Å². The van der Waals surface area contributed by atoms with Crippen molar-refractivity contribution in [1.82, 2.24) is 14.5 Å². The summed E-state index contributed by atoms with van der Waals surface area (Å²) in [6, 6.07) is 10.0. The number of hydrogen-bond acceptors (Lipinski definition) is 4. The van der Waals surface area contributed by atoms with Crippen molar-refractivity contribution in [3.8, 4) is 16.9 Å². The second-order valence-corrected chi connectivity index (χ2v) is 5.03. The van der Waals surface area contributed by atoms with E-state index < -0.39 is 0 Å². The van der Waals surface area contributed by atoms with Crippen LogP contribution in [-0.4, -0.2) is 28.6 Å². The number of nitrogens with two attached hydrogens (primary N) is 1. The Morgan fingerprint density at radius 3 is 2.71 bits per heavy atom. The lowest BCUT2D eigenvalue weighted by molar-refractivity contribution is 1.05. The maximum atomic E-state index is 6.05. The van der Waals surface area contributed by atoms with Crippen LogP contribution in [-0.2, 0) is 0 Å². The van der Waals surface area contributed by atoms with Gasteiger partial charge >= 0.3 is 0 Å². The van der Waals surface area contributed by atoms with Gasteiger partial charge in [0.2, 0.25) is 0 Å². The molecule has 0 fully saturated rings. The van der Waals surface area contributed by atoms with Crippen molar-refractivity contribution in [3.05, 3.63) is 55.2 Å². The zero-order chi connectivity index (χ0) is 14.8. The fraction of sp³-hybridized carbons (Fsp3) is 0.125. The van der Waals surface area contributed by atoms with E-state index in [0.29, 0.717) is 5.69 Å². The zero-order valence-electron chi connectivity index (χ0n) is 12.1. The SMILES string of the molecule is CN(C)c1cccc(-n2cncc2-c2cnccc2N)c1. The Morgan fingerprint density at radius 2 is 1.95 bits per heavy atom. The molecule has 2 N–H and O–H groups in total. The molecule has 2 heterocycles. The Bertz CT molecular complexity index is 761. The van der Waals surface area contributed by atoms with Crippen LogP contribution in [0.3, 0.4) is 0 Å². The number of benzene rings is 1. The first kappa shape index (κ1) is 13.2. The van der Waals surface area contributed by atoms with E-state index in [-0.39, 0.29) is 0 Å². The molecule has 5 heteroatoms. The maximum Gasteiger partial charge on any atom is 0.0997 e. The molecule has 0 unspecified atom stereocenters. The molecule has 0 amide bonds. The third-order valence-corrected chi connectivity index (χ3v) is 3.39. The summed E-state index contributed by atoms with van der Waals surface area (Å²) >= 11 is 0. The summed E-state index contributed by atoms with van der Waals surface area (Å²) < 4.78 is 2.01. The smallest absolute Gasteiger partial charge is 0.0997 e. The maximum absolute atomic E-state index is 6.05. The van der Waals surface area contributed by atoms with Gasteiger partial charge in [0, 0.05) is 49.1 Å². The Labute approximate surface area is 123 Å². The van der Waals surface area contributed by atoms with Crippen LogP contribution in [0.4, 0.5) is 11.4 Å². The van der Waals surface area contributed by atoms with E-state index in [1.165, 1.54) is 0 Å². The van der Waals surface area contributed by atoms with Gasteiger partial charge in [0.1, 0.15) is 0 Å². The van der Waals surface area contributed by atoms with Crippen molar-refractivity contribution >= 4 is 11.4 Å². The molecule has 5 nitrogen and oxygen atoms in total. The fourth-order valence-corrected chi connectivity index (χ4v) is 2.24. The summed E-state index contributed by atoms with van der Waals surface area (Å²) in [6.45, 7) is 0. The van der Waals surface area contributed by atoms with Crippen molar-refractivity contribution in [2.75, 3.05) is 24.7 Å². The molecule has 0 aliphatic rings. The summed E-state index contributed by atoms with van der Waals surface area (Å²) in [5.41, 5.74) is 10.7. The number of anilines is 2. The number of nitrogen functional groups attached to an aromatic ring is 1. The number of pyridine rings is 1. The van der Waals surface area contributed by atoms with Gasteiger partial charge in [0.15, 0.2) is 0 Å². The molecule has 0 radical (unpaired) electrons. The monoisotopic (exact) mass is 279 g/mol. The Balaban J connectivity index is 2.12. The number of rotatable bonds is 3. The van der Waals surface area contributed by atoms with Gasteiger partial charge in [0.05, 0.1) is 18.2 Å². The van der Waals surface area contributed by atoms with Crippen LogP contribution in [0, 0.1) is 0 Å². The summed E-state index contributed by atoms with van der Waals surface area (Å²) in [7, 11) is 4.04. The summed E-state index contributed by atoms with van der Waals surface area (Å²) in [6.07, 6.45) is 7.04. The second-order valence-electron chi connectivity index (χ2n) is 5.03. The number of aromatic nitrogens is 3. The van der Waals surface area contributed by atoms with Gasteiger partial charge in [-0.2, -0.15) is 0 Å². The second kappa shape index (κ2) is 5.28. The minimum absolute atomic E-state index is 0.690. The van der Waals surface area contributed by atoms with Crippen LogP contribution in [0.2, 0.25) is 0 Å². The summed E-state index contributed by atoms with van der Waals surface area (Å²) in [5, 5.41) is 0. The molecule has 0 spiro atoms. The van der Waals surface area contributed by atoms with E-state index in [1.54, 1.807) is 31.0 Å². The molecule has 21 heavy (non-hydrogen) atoms. The van der Waals surface area contributed by atoms with E-state index in [0.717, 1.165) is 22.6 Å². The molecule has 1 aromatic carbocycles. The minimum atomic E-state index is 0.690. The first-order valence-corrected chi connectivity index (χ1v) is 6.67. The third kappa shape index (κ3) is 2.45. The average Bonchev–Trinajstić information content (AvgIpc) is 2.97. The van der Waals surface area contributed by atoms with E-state index in [9.17, 15) is 0 Å². The van der Waals surface area contributed by atoms with Gasteiger partial charge in [-0.1, -0.05) is 6.07 Å². The largest absolute Gasteiger partial charge is 0.398 e. The Kier molecular flexibility index (Phi) is 3.31. The lowest BCUT2D eigenvalue weighted by Crippen LogP contribution is -2.09. The van der Waals surface area contributed by atoms with Crippen molar-refractivity contribution < 1.29 is 0 Å². The first-order chi connectivity index (χ1) is 10.2. The highest BCUT2D eigenvalue weighted by Crippen LogP contribution is 2.27. The molecule has 0 saturated heterocycles. The molecular formula is C16H17N5. The molecule has 0 aliphatic heterocycles. The van der Waals surface area contributed by atoms with Crippen LogP contribution in [0.15, 0.2) is 55.2 Å². The van der Waals surface area contributed by atoms with Crippen LogP contribution in [0.1, 0.15) is 0 Å². The predicted octanol–water partition coefficient (Wildman–Crippen LogP) is 2.58. The van der Waals surface area contributed by atoms with Gasteiger partial charge in [-0.05, 0) is 24.3 Å². The highest BCUT2D eigenvalue weighted by atomic mass is 15.1. The zero-order valence-corrected chi connectivity index (χ0v) is 12.1. The van der Waals surface area contributed by atoms with E-state index in [4.69, 9.17) is 5.73 Å². The molecular weight excluding hydrogens is 262 g/mol. The van der Waals surface area contributed by atoms with Gasteiger partial charge < -0.3 is 10.6 Å². The topological polar surface area (TPSA) is 60.0 Å². The summed E-state index contributed by atoms with van der Waals surface area (Å²) in [5.74, 6) is 0. The van der Waals surface area contributed by atoms with Crippen LogP contribution in [0.5, 0.6) is 0 Å². The van der Waals surface area contributed by atoms with E-state index in [1.807, 2.05) is 30.8 Å². The molecule has 2 aromatic heterocycles. The van der Waals surface area contributed by atoms with Crippen molar-refractivity contribution in [3.63, 3.8) is 0 Å². The standard InChI is InChI=1S/C16H17N5/c1-20(2)12-4-3-5-13(8-12)21-11-19-10-16(21)14-9-18-7-6-15(14)17/h3-11H,1-2H3,(H2,17,18). The number of hydrogen-bond donors (Lipinski definition) is 1. The lowest BCUT2D eigenvalue weighted by Gasteiger charge is -2.15. The average molecular weight is 279 g/mol. The fourth-order valence-electron chi connectivity index (χ4n) is 2.24. The van der Waals surface area contributed by atoms with Gasteiger partial charge in [-0.3, -0.25) is 9.55 Å². The molecule has 0 bridgehead atoms. The highest BCUT2D eigenvalue weighted by Gasteiger charge is 2.10. The highest BCUT2D eigenvalue weighted by molar-refractivity contribution is 5.74. The van der Waals surface area contributed by atoms with Crippen LogP contribution >= 0.6 is 0 Å². The first-order valence-electron chi connectivity index (χ1n) is 6.67. The number of nitrogens with zero attached hydrogens (tertiary/aromatic N) is 4. The van der Waals surface area contributed by atoms with E-state index in [2.05, 4.69) is 27.0 Å². The molecule has 0 aliphatic carbocycles. The molecule has 3 rings (SSSR count). The lowest BCUT2D eigenvalue weighted by atomic mass is 10.1. The predicted molar refractivity (Wildman–Crippen MR) is 85.5 cm³/mol. The quantitative estimate of drug-likeness (QED) is 0.800. The molecule has 3 aromatic rings. The third-order valence-electron chi connectivity index (χ3n) is 3.39. The minimum Gasteiger partial charge on any atom is -0.398 e. The molecule has 0 atom stereocenters. The summed E-state index contributed by atoms with van der Waals surface area (Å²) in [4.78, 5) is 10.5. The van der Waals surface area contributed by atoms with Gasteiger partial charge in [0.25, 0.3) is 0 Å². The van der Waals surface area contributed by atoms with Crippen LogP contribution < -0.4 is 10.6 Å². The van der Waals surface area contributed by atoms with Gasteiger partial charge in [-0.15, -0.1) is 0 Å². The van der Waals surface area contributed by atoms with Crippen molar-refractivity contribution in [2.45, 2.75) is 0 Å². The molecule has 106 valence electrons. The van der Waals surface area contributed by atoms with Crippen LogP contribution in [0.25, 0.3) is 16.9 Å². The van der Waals surface area contributed by atoms with Crippen molar-refractivity contribution in [1.29, 1.82) is 0 Å². The Hall–Kier alpha value is -2.82.